The fourth-order valence-corrected chi connectivity index (χ4v) is 1.02. The first-order chi connectivity index (χ1) is 6.68. The Hall–Kier alpha value is -1.42. The van der Waals surface area contributed by atoms with Crippen LogP contribution in [0.2, 0.25) is 0 Å². The lowest BCUT2D eigenvalue weighted by Gasteiger charge is -2.02. The summed E-state index contributed by atoms with van der Waals surface area (Å²) in [6, 6.07) is 6.26. The van der Waals surface area contributed by atoms with Crippen LogP contribution in [-0.4, -0.2) is 19.0 Å². The van der Waals surface area contributed by atoms with Crippen molar-refractivity contribution in [2.24, 2.45) is 5.73 Å². The highest BCUT2D eigenvalue weighted by Gasteiger charge is 1.95. The van der Waals surface area contributed by atoms with Crippen molar-refractivity contribution in [3.63, 3.8) is 0 Å². The van der Waals surface area contributed by atoms with Crippen molar-refractivity contribution in [1.82, 2.24) is 0 Å². The molecule has 0 radical (unpaired) electrons. The molecule has 0 aliphatic carbocycles. The summed E-state index contributed by atoms with van der Waals surface area (Å²) in [6.07, 6.45) is 0.702. The Morgan fingerprint density at radius 1 is 1.36 bits per heavy atom. The molecule has 1 aromatic rings. The second-order valence-corrected chi connectivity index (χ2v) is 2.95. The molecule has 1 aromatic carbocycles. The second kappa shape index (κ2) is 5.34. The molecule has 0 aromatic heterocycles. The van der Waals surface area contributed by atoms with Crippen molar-refractivity contribution in [1.29, 1.82) is 5.41 Å². The highest BCUT2D eigenvalue weighted by Crippen LogP contribution is 2.03. The van der Waals surface area contributed by atoms with Gasteiger partial charge in [-0.15, -0.1) is 0 Å². The molecule has 76 valence electrons. The summed E-state index contributed by atoms with van der Waals surface area (Å²) in [5.41, 5.74) is 6.11. The normalized spacial score (nSPS) is 10.1. The van der Waals surface area contributed by atoms with Crippen LogP contribution in [-0.2, 0) is 11.2 Å². The molecule has 0 bridgehead atoms. The minimum Gasteiger partial charge on any atom is -0.386 e. The van der Waals surface area contributed by atoms with E-state index in [1.807, 2.05) is 0 Å². The van der Waals surface area contributed by atoms with E-state index in [-0.39, 0.29) is 18.3 Å². The maximum absolute atomic E-state index is 12.5. The Morgan fingerprint density at radius 3 is 2.57 bits per heavy atom. The number of amidine groups is 1. The molecule has 0 spiro atoms. The third kappa shape index (κ3) is 4.00. The lowest BCUT2D eigenvalue weighted by atomic mass is 10.2. The quantitative estimate of drug-likeness (QED) is 0.424. The number of benzene rings is 1. The SMILES string of the molecule is N=C(N)COCCc1ccc(F)cc1. The number of hydrogen-bond donors (Lipinski definition) is 2. The van der Waals surface area contributed by atoms with E-state index in [2.05, 4.69) is 0 Å². The zero-order valence-corrected chi connectivity index (χ0v) is 7.79. The van der Waals surface area contributed by atoms with Gasteiger partial charge in [-0.25, -0.2) is 4.39 Å². The molecule has 3 N–H and O–H groups in total. The van der Waals surface area contributed by atoms with Crippen molar-refractivity contribution in [2.75, 3.05) is 13.2 Å². The van der Waals surface area contributed by atoms with Gasteiger partial charge in [0.2, 0.25) is 0 Å². The van der Waals surface area contributed by atoms with Crippen LogP contribution in [0.4, 0.5) is 4.39 Å². The molecule has 0 saturated carbocycles. The van der Waals surface area contributed by atoms with Crippen molar-refractivity contribution in [3.8, 4) is 0 Å². The molecule has 14 heavy (non-hydrogen) atoms. The molecule has 1 rings (SSSR count). The molecule has 0 fully saturated rings. The van der Waals surface area contributed by atoms with Gasteiger partial charge < -0.3 is 10.5 Å². The van der Waals surface area contributed by atoms with Gasteiger partial charge in [-0.1, -0.05) is 12.1 Å². The van der Waals surface area contributed by atoms with Gasteiger partial charge in [0.05, 0.1) is 6.61 Å². The average Bonchev–Trinajstić information content (AvgIpc) is 2.15. The van der Waals surface area contributed by atoms with Crippen LogP contribution < -0.4 is 5.73 Å². The van der Waals surface area contributed by atoms with E-state index in [0.717, 1.165) is 5.56 Å². The van der Waals surface area contributed by atoms with Crippen molar-refractivity contribution in [3.05, 3.63) is 35.6 Å². The fourth-order valence-electron chi connectivity index (χ4n) is 1.02. The van der Waals surface area contributed by atoms with E-state index in [1.54, 1.807) is 12.1 Å². The molecule has 0 amide bonds. The summed E-state index contributed by atoms with van der Waals surface area (Å²) in [4.78, 5) is 0. The molecule has 0 heterocycles. The molecular formula is C10H13FN2O. The number of ether oxygens (including phenoxy) is 1. The minimum atomic E-state index is -0.238. The van der Waals surface area contributed by atoms with E-state index >= 15 is 0 Å². The lowest BCUT2D eigenvalue weighted by Crippen LogP contribution is -2.18. The smallest absolute Gasteiger partial charge is 0.123 e. The molecule has 0 atom stereocenters. The highest BCUT2D eigenvalue weighted by molar-refractivity contribution is 5.78. The van der Waals surface area contributed by atoms with Gasteiger partial charge in [0.25, 0.3) is 0 Å². The Bertz CT molecular complexity index is 297. The number of hydrogen-bond acceptors (Lipinski definition) is 2. The van der Waals surface area contributed by atoms with Gasteiger partial charge in [-0.05, 0) is 24.1 Å². The Kier molecular flexibility index (Phi) is 4.07. The Balaban J connectivity index is 2.25. The summed E-state index contributed by atoms with van der Waals surface area (Å²) in [7, 11) is 0. The van der Waals surface area contributed by atoms with E-state index in [9.17, 15) is 4.39 Å². The average molecular weight is 196 g/mol. The maximum Gasteiger partial charge on any atom is 0.123 e. The third-order valence-electron chi connectivity index (χ3n) is 1.71. The largest absolute Gasteiger partial charge is 0.386 e. The third-order valence-corrected chi connectivity index (χ3v) is 1.71. The number of nitrogens with one attached hydrogen (secondary N) is 1. The first-order valence-corrected chi connectivity index (χ1v) is 4.33. The molecule has 4 heteroatoms. The van der Waals surface area contributed by atoms with Crippen LogP contribution in [0.3, 0.4) is 0 Å². The lowest BCUT2D eigenvalue weighted by molar-refractivity contribution is 0.174. The van der Waals surface area contributed by atoms with Crippen molar-refractivity contribution < 1.29 is 9.13 Å². The van der Waals surface area contributed by atoms with Crippen LogP contribution in [0, 0.1) is 11.2 Å². The Labute approximate surface area is 82.2 Å². The van der Waals surface area contributed by atoms with Gasteiger partial charge in [0, 0.05) is 0 Å². The molecule has 0 aliphatic rings. The zero-order chi connectivity index (χ0) is 10.4. The van der Waals surface area contributed by atoms with Crippen LogP contribution in [0.25, 0.3) is 0 Å². The van der Waals surface area contributed by atoms with E-state index in [4.69, 9.17) is 15.9 Å². The van der Waals surface area contributed by atoms with Crippen LogP contribution in [0.1, 0.15) is 5.56 Å². The molecule has 0 unspecified atom stereocenters. The van der Waals surface area contributed by atoms with Crippen LogP contribution in [0.5, 0.6) is 0 Å². The van der Waals surface area contributed by atoms with Gasteiger partial charge in [-0.2, -0.15) is 0 Å². The van der Waals surface area contributed by atoms with Crippen LogP contribution in [0.15, 0.2) is 24.3 Å². The topological polar surface area (TPSA) is 59.1 Å². The number of halogens is 1. The van der Waals surface area contributed by atoms with Crippen molar-refractivity contribution in [2.45, 2.75) is 6.42 Å². The summed E-state index contributed by atoms with van der Waals surface area (Å²) in [6.45, 7) is 0.645. The van der Waals surface area contributed by atoms with Gasteiger partial charge in [0.15, 0.2) is 0 Å². The van der Waals surface area contributed by atoms with Crippen LogP contribution >= 0.6 is 0 Å². The predicted molar refractivity (Wildman–Crippen MR) is 52.8 cm³/mol. The molecular weight excluding hydrogens is 183 g/mol. The zero-order valence-electron chi connectivity index (χ0n) is 7.79. The first-order valence-electron chi connectivity index (χ1n) is 4.33. The molecule has 3 nitrogen and oxygen atoms in total. The number of rotatable bonds is 5. The highest BCUT2D eigenvalue weighted by atomic mass is 19.1. The van der Waals surface area contributed by atoms with E-state index in [0.29, 0.717) is 13.0 Å². The fraction of sp³-hybridized carbons (Fsp3) is 0.300. The van der Waals surface area contributed by atoms with Gasteiger partial charge in [-0.3, -0.25) is 5.41 Å². The summed E-state index contributed by atoms with van der Waals surface area (Å²) in [5, 5.41) is 6.91. The summed E-state index contributed by atoms with van der Waals surface area (Å²) >= 11 is 0. The second-order valence-electron chi connectivity index (χ2n) is 2.95. The Morgan fingerprint density at radius 2 is 2.00 bits per heavy atom. The van der Waals surface area contributed by atoms with Gasteiger partial charge in [0.1, 0.15) is 18.3 Å². The summed E-state index contributed by atoms with van der Waals surface area (Å²) < 4.78 is 17.6. The molecule has 0 aliphatic heterocycles. The monoisotopic (exact) mass is 196 g/mol. The van der Waals surface area contributed by atoms with Gasteiger partial charge >= 0.3 is 0 Å². The van der Waals surface area contributed by atoms with E-state index in [1.165, 1.54) is 12.1 Å². The number of nitrogens with two attached hydrogens (primary N) is 1. The minimum absolute atomic E-state index is 0.0177. The summed E-state index contributed by atoms with van der Waals surface area (Å²) in [5.74, 6) is -0.220. The first kappa shape index (κ1) is 10.7. The van der Waals surface area contributed by atoms with E-state index < -0.39 is 0 Å². The maximum atomic E-state index is 12.5. The molecule has 0 saturated heterocycles. The predicted octanol–water partition coefficient (Wildman–Crippen LogP) is 1.32. The van der Waals surface area contributed by atoms with Crippen molar-refractivity contribution >= 4 is 5.84 Å². The standard InChI is InChI=1S/C10H13FN2O/c11-9-3-1-8(2-4-9)5-6-14-7-10(12)13/h1-4H,5-7H2,(H3,12,13).